The molecule has 0 aliphatic heterocycles. The number of ether oxygens (including phenoxy) is 3. The summed E-state index contributed by atoms with van der Waals surface area (Å²) in [6, 6.07) is 0. The zero-order chi connectivity index (χ0) is 12.9. The highest BCUT2D eigenvalue weighted by Gasteiger charge is 2.43. The van der Waals surface area contributed by atoms with E-state index in [0.29, 0.717) is 19.1 Å². The third kappa shape index (κ3) is 3.68. The third-order valence-electron chi connectivity index (χ3n) is 3.89. The van der Waals surface area contributed by atoms with Gasteiger partial charge in [0.05, 0.1) is 12.0 Å². The van der Waals surface area contributed by atoms with Crippen LogP contribution >= 0.6 is 0 Å². The Bertz CT molecular complexity index is 254. The van der Waals surface area contributed by atoms with Gasteiger partial charge in [0.25, 0.3) is 0 Å². The molecule has 0 aromatic carbocycles. The van der Waals surface area contributed by atoms with E-state index in [1.807, 2.05) is 13.8 Å². The maximum absolute atomic E-state index is 12.0. The molecule has 1 aliphatic rings. The summed E-state index contributed by atoms with van der Waals surface area (Å²) in [5.74, 6) is 0.324. The van der Waals surface area contributed by atoms with Crippen LogP contribution in [0.5, 0.6) is 0 Å². The molecule has 3 unspecified atom stereocenters. The predicted octanol–water partition coefficient (Wildman–Crippen LogP) is 2.36. The summed E-state index contributed by atoms with van der Waals surface area (Å²) in [5, 5.41) is 0. The van der Waals surface area contributed by atoms with Crippen molar-refractivity contribution in [1.82, 2.24) is 0 Å². The number of carbonyl (C=O) groups is 1. The second-order valence-electron chi connectivity index (χ2n) is 5.02. The summed E-state index contributed by atoms with van der Waals surface area (Å²) < 4.78 is 15.5. The lowest BCUT2D eigenvalue weighted by molar-refractivity contribution is -0.163. The molecular formula is C13H24O4. The van der Waals surface area contributed by atoms with Crippen molar-refractivity contribution in [1.29, 1.82) is 0 Å². The van der Waals surface area contributed by atoms with Crippen molar-refractivity contribution in [3.63, 3.8) is 0 Å². The minimum atomic E-state index is -0.299. The van der Waals surface area contributed by atoms with Crippen molar-refractivity contribution in [3.8, 4) is 0 Å². The number of carbonyl (C=O) groups excluding carboxylic acids is 1. The molecule has 4 nitrogen and oxygen atoms in total. The van der Waals surface area contributed by atoms with E-state index in [1.54, 1.807) is 7.11 Å². The van der Waals surface area contributed by atoms with Gasteiger partial charge in [-0.05, 0) is 32.6 Å². The average Bonchev–Trinajstić information content (AvgIpc) is 2.65. The Morgan fingerprint density at radius 2 is 2.18 bits per heavy atom. The van der Waals surface area contributed by atoms with Crippen molar-refractivity contribution in [2.75, 3.05) is 20.3 Å². The number of hydrogen-bond donors (Lipinski definition) is 0. The van der Waals surface area contributed by atoms with Crippen LogP contribution in [0.25, 0.3) is 0 Å². The summed E-state index contributed by atoms with van der Waals surface area (Å²) >= 11 is 0. The lowest BCUT2D eigenvalue weighted by atomic mass is 9.81. The van der Waals surface area contributed by atoms with Gasteiger partial charge in [0.2, 0.25) is 0 Å². The Morgan fingerprint density at radius 1 is 1.47 bits per heavy atom. The van der Waals surface area contributed by atoms with Gasteiger partial charge in [0.1, 0.15) is 6.61 Å². The summed E-state index contributed by atoms with van der Waals surface area (Å²) in [6.07, 6.45) is 2.91. The number of hydrogen-bond acceptors (Lipinski definition) is 4. The molecule has 0 heterocycles. The van der Waals surface area contributed by atoms with E-state index in [-0.39, 0.29) is 17.7 Å². The minimum Gasteiger partial charge on any atom is -0.463 e. The molecule has 1 saturated carbocycles. The van der Waals surface area contributed by atoms with Gasteiger partial charge in [-0.2, -0.15) is 0 Å². The summed E-state index contributed by atoms with van der Waals surface area (Å²) in [7, 11) is 1.58. The normalized spacial score (nSPS) is 30.2. The predicted molar refractivity (Wildman–Crippen MR) is 64.5 cm³/mol. The first kappa shape index (κ1) is 14.5. The highest BCUT2D eigenvalue weighted by atomic mass is 16.7. The molecule has 0 amide bonds. The largest absolute Gasteiger partial charge is 0.463 e. The number of esters is 1. The first-order valence-corrected chi connectivity index (χ1v) is 6.32. The molecule has 0 saturated heterocycles. The highest BCUT2D eigenvalue weighted by Crippen LogP contribution is 2.43. The number of rotatable bonds is 6. The van der Waals surface area contributed by atoms with Gasteiger partial charge in [-0.15, -0.1) is 0 Å². The van der Waals surface area contributed by atoms with E-state index in [0.717, 1.165) is 19.3 Å². The van der Waals surface area contributed by atoms with Gasteiger partial charge in [-0.1, -0.05) is 13.3 Å². The molecule has 0 N–H and O–H groups in total. The molecule has 0 spiro atoms. The van der Waals surface area contributed by atoms with Gasteiger partial charge in [0.15, 0.2) is 6.29 Å². The van der Waals surface area contributed by atoms with Gasteiger partial charge >= 0.3 is 5.97 Å². The summed E-state index contributed by atoms with van der Waals surface area (Å²) in [6.45, 7) is 6.62. The first-order valence-electron chi connectivity index (χ1n) is 6.32. The maximum atomic E-state index is 12.0. The topological polar surface area (TPSA) is 44.8 Å². The standard InChI is InChI=1S/C13H24O4/c1-10-6-5-7-13(10,3)12(14)17-9-8-16-11(2)15-4/h10-11H,5-9H2,1-4H3. The molecular weight excluding hydrogens is 220 g/mol. The molecule has 0 radical (unpaired) electrons. The van der Waals surface area contributed by atoms with Crippen molar-refractivity contribution in [2.24, 2.45) is 11.3 Å². The smallest absolute Gasteiger partial charge is 0.312 e. The Labute approximate surface area is 104 Å². The van der Waals surface area contributed by atoms with Crippen molar-refractivity contribution in [3.05, 3.63) is 0 Å². The van der Waals surface area contributed by atoms with Gasteiger partial charge in [-0.25, -0.2) is 0 Å². The Balaban J connectivity index is 2.25. The van der Waals surface area contributed by atoms with Crippen LogP contribution in [0, 0.1) is 11.3 Å². The van der Waals surface area contributed by atoms with E-state index in [4.69, 9.17) is 14.2 Å². The van der Waals surface area contributed by atoms with Crippen LogP contribution in [0.4, 0.5) is 0 Å². The fraction of sp³-hybridized carbons (Fsp3) is 0.923. The number of methoxy groups -OCH3 is 1. The van der Waals surface area contributed by atoms with E-state index in [9.17, 15) is 4.79 Å². The fourth-order valence-electron chi connectivity index (χ4n) is 2.23. The Kier molecular flexibility index (Phi) is 5.40. The van der Waals surface area contributed by atoms with Gasteiger partial charge in [-0.3, -0.25) is 4.79 Å². The third-order valence-corrected chi connectivity index (χ3v) is 3.89. The molecule has 3 atom stereocenters. The second kappa shape index (κ2) is 6.36. The van der Waals surface area contributed by atoms with Crippen LogP contribution in [0.1, 0.15) is 40.0 Å². The second-order valence-corrected chi connectivity index (χ2v) is 5.02. The molecule has 0 aromatic heterocycles. The monoisotopic (exact) mass is 244 g/mol. The Hall–Kier alpha value is -0.610. The maximum Gasteiger partial charge on any atom is 0.312 e. The summed E-state index contributed by atoms with van der Waals surface area (Å²) in [5.41, 5.74) is -0.299. The van der Waals surface area contributed by atoms with Gasteiger partial charge < -0.3 is 14.2 Å². The SMILES string of the molecule is COC(C)OCCOC(=O)C1(C)CCCC1C. The van der Waals surface area contributed by atoms with Crippen LogP contribution < -0.4 is 0 Å². The molecule has 1 rings (SSSR count). The van der Waals surface area contributed by atoms with E-state index in [1.165, 1.54) is 0 Å². The lowest BCUT2D eigenvalue weighted by Crippen LogP contribution is -2.33. The highest BCUT2D eigenvalue weighted by molar-refractivity contribution is 5.77. The molecule has 17 heavy (non-hydrogen) atoms. The van der Waals surface area contributed by atoms with Crippen LogP contribution in [-0.4, -0.2) is 32.6 Å². The van der Waals surface area contributed by atoms with E-state index < -0.39 is 0 Å². The zero-order valence-electron chi connectivity index (χ0n) is 11.3. The minimum absolute atomic E-state index is 0.0869. The van der Waals surface area contributed by atoms with Crippen molar-refractivity contribution in [2.45, 2.75) is 46.3 Å². The quantitative estimate of drug-likeness (QED) is 0.409. The van der Waals surface area contributed by atoms with Crippen LogP contribution in [0.3, 0.4) is 0 Å². The molecule has 0 bridgehead atoms. The van der Waals surface area contributed by atoms with Crippen LogP contribution in [0.2, 0.25) is 0 Å². The first-order chi connectivity index (χ1) is 8.00. The molecule has 1 fully saturated rings. The lowest BCUT2D eigenvalue weighted by Gasteiger charge is -2.26. The van der Waals surface area contributed by atoms with Crippen LogP contribution in [0.15, 0.2) is 0 Å². The van der Waals surface area contributed by atoms with Crippen molar-refractivity contribution < 1.29 is 19.0 Å². The zero-order valence-corrected chi connectivity index (χ0v) is 11.3. The van der Waals surface area contributed by atoms with Gasteiger partial charge in [0, 0.05) is 7.11 Å². The molecule has 4 heteroatoms. The average molecular weight is 244 g/mol. The molecule has 1 aliphatic carbocycles. The summed E-state index contributed by atoms with van der Waals surface area (Å²) in [4.78, 5) is 12.0. The Morgan fingerprint density at radius 3 is 2.71 bits per heavy atom. The van der Waals surface area contributed by atoms with E-state index >= 15 is 0 Å². The molecule has 0 aromatic rings. The molecule has 100 valence electrons. The van der Waals surface area contributed by atoms with E-state index in [2.05, 4.69) is 6.92 Å². The van der Waals surface area contributed by atoms with Crippen LogP contribution in [-0.2, 0) is 19.0 Å². The fourth-order valence-corrected chi connectivity index (χ4v) is 2.23. The van der Waals surface area contributed by atoms with Crippen molar-refractivity contribution >= 4 is 5.97 Å².